The maximum atomic E-state index is 15.2. The van der Waals surface area contributed by atoms with Crippen molar-refractivity contribution >= 4 is 40.7 Å². The monoisotopic (exact) mass is 655 g/mol. The highest BCUT2D eigenvalue weighted by Gasteiger charge is 2.57. The van der Waals surface area contributed by atoms with Crippen molar-refractivity contribution in [1.29, 1.82) is 0 Å². The van der Waals surface area contributed by atoms with E-state index < -0.39 is 5.41 Å². The molecule has 9 rings (SSSR count). The van der Waals surface area contributed by atoms with E-state index in [0.29, 0.717) is 15.1 Å². The largest absolute Gasteiger partial charge is 0.347 e. The minimum absolute atomic E-state index is 0.0154. The van der Waals surface area contributed by atoms with E-state index in [1.165, 1.54) is 0 Å². The number of halogens is 3. The second kappa shape index (κ2) is 10.9. The third-order valence-corrected chi connectivity index (χ3v) is 10.6. The molecule has 0 spiro atoms. The van der Waals surface area contributed by atoms with Crippen LogP contribution in [0.25, 0.3) is 33.4 Å². The summed E-state index contributed by atoms with van der Waals surface area (Å²) in [6.07, 6.45) is 0. The molecule has 0 saturated heterocycles. The molecule has 1 amide bonds. The Morgan fingerprint density at radius 1 is 0.522 bits per heavy atom. The first-order chi connectivity index (χ1) is 22.3. The van der Waals surface area contributed by atoms with Gasteiger partial charge in [-0.1, -0.05) is 126 Å². The molecule has 0 aromatic heterocycles. The summed E-state index contributed by atoms with van der Waals surface area (Å²) in [5.41, 5.74) is 10.9. The summed E-state index contributed by atoms with van der Waals surface area (Å²) in [6, 6.07) is 43.0. The Labute approximate surface area is 283 Å². The number of rotatable bonds is 4. The fraction of sp³-hybridized carbons (Fsp3) is 0.0976. The number of nitrogens with zero attached hydrogens (tertiary/aromatic N) is 1. The molecular weight excluding hydrogens is 629 g/mol. The molecule has 46 heavy (non-hydrogen) atoms. The SMILES string of the molecule is CN(C)C(=O)C12c3cc(-c4ccccc4Cl)ccc3C(c3ccc(-c4ccccc4Cl)cc31)c1ccc(-c3ccccc3Cl)cc12. The van der Waals surface area contributed by atoms with Crippen LogP contribution in [0.15, 0.2) is 127 Å². The van der Waals surface area contributed by atoms with Crippen molar-refractivity contribution in [3.05, 3.63) is 176 Å². The summed E-state index contributed by atoms with van der Waals surface area (Å²) in [5, 5.41) is 2.00. The van der Waals surface area contributed by atoms with Crippen LogP contribution in [0.5, 0.6) is 0 Å². The van der Waals surface area contributed by atoms with Gasteiger partial charge in [0.1, 0.15) is 5.41 Å². The molecule has 0 fully saturated rings. The zero-order chi connectivity index (χ0) is 31.7. The molecule has 224 valence electrons. The van der Waals surface area contributed by atoms with Crippen LogP contribution < -0.4 is 0 Å². The average Bonchev–Trinajstić information content (AvgIpc) is 3.07. The maximum Gasteiger partial charge on any atom is 0.241 e. The number of carbonyl (C=O) groups is 1. The quantitative estimate of drug-likeness (QED) is 0.185. The van der Waals surface area contributed by atoms with E-state index in [9.17, 15) is 0 Å². The Hall–Kier alpha value is -4.34. The molecule has 6 aromatic carbocycles. The van der Waals surface area contributed by atoms with E-state index in [-0.39, 0.29) is 11.8 Å². The van der Waals surface area contributed by atoms with E-state index in [2.05, 4.69) is 54.6 Å². The number of hydrogen-bond donors (Lipinski definition) is 0. The molecule has 6 aromatic rings. The minimum Gasteiger partial charge on any atom is -0.347 e. The van der Waals surface area contributed by atoms with Gasteiger partial charge in [-0.2, -0.15) is 0 Å². The molecule has 3 aliphatic rings. The van der Waals surface area contributed by atoms with Crippen LogP contribution in [0.3, 0.4) is 0 Å². The molecule has 0 heterocycles. The summed E-state index contributed by atoms with van der Waals surface area (Å²) in [6.45, 7) is 0. The number of amides is 1. The summed E-state index contributed by atoms with van der Waals surface area (Å²) < 4.78 is 0. The van der Waals surface area contributed by atoms with Gasteiger partial charge in [0.25, 0.3) is 0 Å². The molecule has 5 heteroatoms. The number of likely N-dealkylation sites (N-methyl/N-ethyl adjacent to an activating group) is 1. The van der Waals surface area contributed by atoms with Gasteiger partial charge in [-0.3, -0.25) is 4.79 Å². The van der Waals surface area contributed by atoms with Crippen LogP contribution in [-0.2, 0) is 10.2 Å². The molecule has 2 nitrogen and oxygen atoms in total. The van der Waals surface area contributed by atoms with Crippen molar-refractivity contribution in [3.63, 3.8) is 0 Å². The third-order valence-electron chi connectivity index (χ3n) is 9.59. The smallest absolute Gasteiger partial charge is 0.241 e. The fourth-order valence-corrected chi connectivity index (χ4v) is 8.34. The Morgan fingerprint density at radius 2 is 0.848 bits per heavy atom. The predicted molar refractivity (Wildman–Crippen MR) is 190 cm³/mol. The highest BCUT2D eigenvalue weighted by molar-refractivity contribution is 6.34. The molecule has 0 atom stereocenters. The van der Waals surface area contributed by atoms with Gasteiger partial charge < -0.3 is 4.90 Å². The van der Waals surface area contributed by atoms with Crippen molar-refractivity contribution in [2.75, 3.05) is 14.1 Å². The first-order valence-corrected chi connectivity index (χ1v) is 16.3. The molecule has 2 bridgehead atoms. The van der Waals surface area contributed by atoms with E-state index in [4.69, 9.17) is 34.8 Å². The van der Waals surface area contributed by atoms with E-state index >= 15 is 4.79 Å². The lowest BCUT2D eigenvalue weighted by atomic mass is 9.52. The van der Waals surface area contributed by atoms with E-state index in [1.807, 2.05) is 86.9 Å². The lowest BCUT2D eigenvalue weighted by Gasteiger charge is -2.50. The molecule has 3 aliphatic carbocycles. The Balaban J connectivity index is 1.49. The second-order valence-electron chi connectivity index (χ2n) is 12.2. The van der Waals surface area contributed by atoms with E-state index in [0.717, 1.165) is 66.8 Å². The Morgan fingerprint density at radius 3 is 1.15 bits per heavy atom. The minimum atomic E-state index is -1.13. The van der Waals surface area contributed by atoms with Gasteiger partial charge in [0.05, 0.1) is 0 Å². The van der Waals surface area contributed by atoms with Gasteiger partial charge in [0, 0.05) is 51.8 Å². The van der Waals surface area contributed by atoms with Gasteiger partial charge in [0.2, 0.25) is 5.91 Å². The highest BCUT2D eigenvalue weighted by Crippen LogP contribution is 2.61. The van der Waals surface area contributed by atoms with Crippen LogP contribution in [0.1, 0.15) is 39.3 Å². The standard InChI is InChI=1S/C41H28Cl3NO/c1-45(2)40(46)41-33-21-24(27-9-3-6-12-36(27)42)15-18-30(33)39(31-19-16-25(22-34(31)41)28-10-4-7-13-37(28)43)32-20-17-26(23-35(32)41)29-11-5-8-14-38(29)44/h3-23,39H,1-2H3. The van der Waals surface area contributed by atoms with E-state index in [1.54, 1.807) is 4.90 Å². The number of carbonyl (C=O) groups excluding carboxylic acids is 1. The molecule has 0 unspecified atom stereocenters. The van der Waals surface area contributed by atoms with Crippen molar-refractivity contribution in [1.82, 2.24) is 4.90 Å². The fourth-order valence-electron chi connectivity index (χ4n) is 7.61. The van der Waals surface area contributed by atoms with Gasteiger partial charge in [-0.25, -0.2) is 0 Å². The lowest BCUT2D eigenvalue weighted by Crippen LogP contribution is -2.52. The maximum absolute atomic E-state index is 15.2. The molecular formula is C41H28Cl3NO. The normalized spacial score (nSPS) is 17.2. The van der Waals surface area contributed by atoms with Gasteiger partial charge >= 0.3 is 0 Å². The molecule has 0 aliphatic heterocycles. The number of hydrogen-bond acceptors (Lipinski definition) is 1. The van der Waals surface area contributed by atoms with Crippen molar-refractivity contribution in [2.24, 2.45) is 0 Å². The van der Waals surface area contributed by atoms with Gasteiger partial charge in [0.15, 0.2) is 0 Å². The van der Waals surface area contributed by atoms with Gasteiger partial charge in [-0.05, 0) is 86.5 Å². The Bertz CT molecular complexity index is 1990. The lowest BCUT2D eigenvalue weighted by molar-refractivity contribution is -0.132. The molecule has 0 saturated carbocycles. The van der Waals surface area contributed by atoms with Crippen molar-refractivity contribution in [2.45, 2.75) is 11.3 Å². The van der Waals surface area contributed by atoms with Crippen LogP contribution in [-0.4, -0.2) is 24.9 Å². The first kappa shape index (κ1) is 29.1. The summed E-state index contributed by atoms with van der Waals surface area (Å²) in [5.74, 6) is -0.0731. The Kier molecular flexibility index (Phi) is 6.88. The summed E-state index contributed by atoms with van der Waals surface area (Å²) in [4.78, 5) is 16.9. The predicted octanol–water partition coefficient (Wildman–Crippen LogP) is 10.9. The summed E-state index contributed by atoms with van der Waals surface area (Å²) >= 11 is 20.2. The topological polar surface area (TPSA) is 20.3 Å². The zero-order valence-corrected chi connectivity index (χ0v) is 27.5. The average molecular weight is 657 g/mol. The van der Waals surface area contributed by atoms with Crippen molar-refractivity contribution in [3.8, 4) is 33.4 Å². The van der Waals surface area contributed by atoms with Crippen LogP contribution in [0, 0.1) is 0 Å². The highest BCUT2D eigenvalue weighted by atomic mass is 35.5. The van der Waals surface area contributed by atoms with Crippen LogP contribution in [0.4, 0.5) is 0 Å². The molecule has 0 N–H and O–H groups in total. The van der Waals surface area contributed by atoms with Gasteiger partial charge in [-0.15, -0.1) is 0 Å². The zero-order valence-electron chi connectivity index (χ0n) is 25.2. The van der Waals surface area contributed by atoms with Crippen LogP contribution >= 0.6 is 34.8 Å². The first-order valence-electron chi connectivity index (χ1n) is 15.2. The summed E-state index contributed by atoms with van der Waals surface area (Å²) in [7, 11) is 3.68. The third kappa shape index (κ3) is 4.14. The number of benzene rings is 6. The van der Waals surface area contributed by atoms with Crippen molar-refractivity contribution < 1.29 is 4.79 Å². The second-order valence-corrected chi connectivity index (χ2v) is 13.4. The van der Waals surface area contributed by atoms with Crippen LogP contribution in [0.2, 0.25) is 15.1 Å². The molecule has 0 radical (unpaired) electrons.